The Bertz CT molecular complexity index is 1200. The first-order valence-electron chi connectivity index (χ1n) is 11.9. The van der Waals surface area contributed by atoms with Crippen molar-refractivity contribution in [1.82, 2.24) is 5.32 Å². The molecule has 0 bridgehead atoms. The number of ether oxygens (including phenoxy) is 2. The van der Waals surface area contributed by atoms with E-state index >= 15 is 0 Å². The second kappa shape index (κ2) is 12.2. The number of amides is 2. The Morgan fingerprint density at radius 2 is 1.26 bits per heavy atom. The molecule has 2 aromatic carbocycles. The molecule has 0 radical (unpaired) electrons. The average Bonchev–Trinajstić information content (AvgIpc) is 2.92. The minimum absolute atomic E-state index is 0.0114. The molecule has 0 unspecified atom stereocenters. The largest absolute Gasteiger partial charge is 0.469 e. The third-order valence-electron chi connectivity index (χ3n) is 6.15. The van der Waals surface area contributed by atoms with Crippen LogP contribution in [-0.4, -0.2) is 62.1 Å². The molecule has 0 fully saturated rings. The first-order valence-corrected chi connectivity index (χ1v) is 11.9. The number of carbonyl (C=O) groups is 6. The molecule has 200 valence electrons. The topological polar surface area (TPSA) is 157 Å². The van der Waals surface area contributed by atoms with E-state index in [-0.39, 0.29) is 53.0 Å². The Labute approximate surface area is 219 Å². The highest BCUT2D eigenvalue weighted by Crippen LogP contribution is 2.35. The van der Waals surface area contributed by atoms with Crippen molar-refractivity contribution >= 4 is 46.7 Å². The summed E-state index contributed by atoms with van der Waals surface area (Å²) in [7, 11) is 2.51. The number of methoxy groups -OCH3 is 2. The van der Waals surface area contributed by atoms with E-state index < -0.39 is 47.3 Å². The predicted molar refractivity (Wildman–Crippen MR) is 137 cm³/mol. The van der Waals surface area contributed by atoms with Gasteiger partial charge in [-0.25, -0.2) is 0 Å². The summed E-state index contributed by atoms with van der Waals surface area (Å²) in [6.07, 6.45) is 0.261. The molecule has 1 aliphatic carbocycles. The number of carbonyl (C=O) groups excluding carboxylic acids is 6. The van der Waals surface area contributed by atoms with Crippen LogP contribution in [0.1, 0.15) is 58.5 Å². The zero-order valence-electron chi connectivity index (χ0n) is 21.5. The lowest BCUT2D eigenvalue weighted by molar-refractivity contribution is -0.145. The van der Waals surface area contributed by atoms with E-state index in [1.165, 1.54) is 44.6 Å². The van der Waals surface area contributed by atoms with Gasteiger partial charge >= 0.3 is 11.9 Å². The molecule has 2 aromatic rings. The molecule has 3 N–H and O–H groups in total. The average molecular weight is 524 g/mol. The number of ketones is 2. The Balaban J connectivity index is 1.80. The second-order valence-electron chi connectivity index (χ2n) is 8.80. The molecule has 11 nitrogen and oxygen atoms in total. The Morgan fingerprint density at radius 1 is 0.763 bits per heavy atom. The van der Waals surface area contributed by atoms with Gasteiger partial charge in [0, 0.05) is 17.5 Å². The van der Waals surface area contributed by atoms with Crippen LogP contribution in [0.4, 0.5) is 11.4 Å². The number of nitrogens with one attached hydrogen (secondary N) is 3. The van der Waals surface area contributed by atoms with Crippen LogP contribution >= 0.6 is 0 Å². The quantitative estimate of drug-likeness (QED) is 0.339. The molecule has 2 amide bonds. The maximum absolute atomic E-state index is 13.5. The van der Waals surface area contributed by atoms with Gasteiger partial charge < -0.3 is 20.1 Å². The number of esters is 2. The summed E-state index contributed by atoms with van der Waals surface area (Å²) < 4.78 is 9.27. The Hall–Kier alpha value is -4.38. The molecule has 0 saturated carbocycles. The van der Waals surface area contributed by atoms with E-state index in [0.29, 0.717) is 0 Å². The number of benzene rings is 2. The molecule has 38 heavy (non-hydrogen) atoms. The van der Waals surface area contributed by atoms with Crippen molar-refractivity contribution in [3.05, 3.63) is 58.7 Å². The third kappa shape index (κ3) is 6.12. The van der Waals surface area contributed by atoms with Crippen LogP contribution in [0.15, 0.2) is 36.4 Å². The van der Waals surface area contributed by atoms with Gasteiger partial charge in [-0.2, -0.15) is 0 Å². The summed E-state index contributed by atoms with van der Waals surface area (Å²) in [5, 5.41) is 8.01. The normalized spacial score (nSPS) is 13.5. The van der Waals surface area contributed by atoms with Crippen molar-refractivity contribution in [2.75, 3.05) is 31.4 Å². The summed E-state index contributed by atoms with van der Waals surface area (Å²) in [6.45, 7) is 2.96. The summed E-state index contributed by atoms with van der Waals surface area (Å²) in [5.74, 6) is -3.36. The molecule has 11 heteroatoms. The van der Waals surface area contributed by atoms with Crippen LogP contribution in [-0.2, 0) is 28.7 Å². The maximum atomic E-state index is 13.5. The van der Waals surface area contributed by atoms with Crippen LogP contribution in [0.2, 0.25) is 0 Å². The highest BCUT2D eigenvalue weighted by Gasteiger charge is 2.34. The molecular weight excluding hydrogens is 494 g/mol. The zero-order valence-corrected chi connectivity index (χ0v) is 21.5. The molecule has 1 aliphatic rings. The van der Waals surface area contributed by atoms with Crippen molar-refractivity contribution in [1.29, 1.82) is 0 Å². The third-order valence-corrected chi connectivity index (χ3v) is 6.15. The fourth-order valence-corrected chi connectivity index (χ4v) is 4.03. The smallest absolute Gasteiger partial charge is 0.322 e. The fourth-order valence-electron chi connectivity index (χ4n) is 4.03. The molecule has 2 atom stereocenters. The molecular formula is C27H29N3O8. The molecule has 3 rings (SSSR count). The molecule has 0 aliphatic heterocycles. The van der Waals surface area contributed by atoms with E-state index in [1.807, 2.05) is 0 Å². The summed E-state index contributed by atoms with van der Waals surface area (Å²) in [4.78, 5) is 75.1. The van der Waals surface area contributed by atoms with Crippen LogP contribution in [0, 0.1) is 5.92 Å². The van der Waals surface area contributed by atoms with Gasteiger partial charge in [-0.05, 0) is 25.5 Å². The Kier molecular flexibility index (Phi) is 9.08. The molecule has 0 spiro atoms. The molecule has 0 heterocycles. The zero-order chi connectivity index (χ0) is 28.0. The maximum Gasteiger partial charge on any atom is 0.322 e. The SMILES string of the molecule is COC(=O)[C@H](C)CCC(=O)Nc1cccc2c1C(=O)c1cccc(NC(=O)CN[C@@H](C)C(=O)OC)c1C2=O. The van der Waals surface area contributed by atoms with Crippen molar-refractivity contribution in [3.63, 3.8) is 0 Å². The van der Waals surface area contributed by atoms with Crippen LogP contribution < -0.4 is 16.0 Å². The van der Waals surface area contributed by atoms with E-state index in [1.54, 1.807) is 19.9 Å². The fraction of sp³-hybridized carbons (Fsp3) is 0.333. The minimum Gasteiger partial charge on any atom is -0.469 e. The standard InChI is InChI=1S/C27H29N3O8/c1-14(26(35)37-3)11-12-20(31)29-18-9-5-7-16-22(18)24(33)17-8-6-10-19(23(17)25(16)34)30-21(32)13-28-15(2)27(36)38-4/h5-10,14-15,28H,11-13H2,1-4H3,(H,29,31)(H,30,32)/t14-,15+/m1/s1. The van der Waals surface area contributed by atoms with Crippen LogP contribution in [0.3, 0.4) is 0 Å². The minimum atomic E-state index is -0.720. The lowest BCUT2D eigenvalue weighted by Gasteiger charge is -2.23. The van der Waals surface area contributed by atoms with Gasteiger partial charge in [0.05, 0.1) is 49.2 Å². The van der Waals surface area contributed by atoms with Gasteiger partial charge in [-0.3, -0.25) is 34.1 Å². The van der Waals surface area contributed by atoms with Crippen LogP contribution in [0.25, 0.3) is 0 Å². The monoisotopic (exact) mass is 523 g/mol. The van der Waals surface area contributed by atoms with E-state index in [9.17, 15) is 28.8 Å². The van der Waals surface area contributed by atoms with Gasteiger partial charge in [0.1, 0.15) is 6.04 Å². The summed E-state index contributed by atoms with van der Waals surface area (Å²) >= 11 is 0. The number of fused-ring (bicyclic) bond motifs is 2. The van der Waals surface area contributed by atoms with Gasteiger partial charge in [0.25, 0.3) is 0 Å². The highest BCUT2D eigenvalue weighted by atomic mass is 16.5. The highest BCUT2D eigenvalue weighted by molar-refractivity contribution is 6.32. The van der Waals surface area contributed by atoms with Crippen molar-refractivity contribution in [2.45, 2.75) is 32.7 Å². The van der Waals surface area contributed by atoms with Gasteiger partial charge in [-0.15, -0.1) is 0 Å². The first-order chi connectivity index (χ1) is 18.1. The summed E-state index contributed by atoms with van der Waals surface area (Å²) in [5.41, 5.74) is 0.582. The first kappa shape index (κ1) is 28.2. The second-order valence-corrected chi connectivity index (χ2v) is 8.80. The van der Waals surface area contributed by atoms with Crippen molar-refractivity contribution < 1.29 is 38.2 Å². The predicted octanol–water partition coefficient (Wildman–Crippen LogP) is 2.08. The van der Waals surface area contributed by atoms with Gasteiger partial charge in [0.2, 0.25) is 11.8 Å². The number of anilines is 2. The Morgan fingerprint density at radius 3 is 1.76 bits per heavy atom. The van der Waals surface area contributed by atoms with E-state index in [4.69, 9.17) is 0 Å². The number of hydrogen-bond donors (Lipinski definition) is 3. The number of rotatable bonds is 10. The number of hydrogen-bond acceptors (Lipinski definition) is 9. The molecule has 0 aromatic heterocycles. The lowest BCUT2D eigenvalue weighted by atomic mass is 9.82. The van der Waals surface area contributed by atoms with Crippen molar-refractivity contribution in [2.24, 2.45) is 5.92 Å². The van der Waals surface area contributed by atoms with Gasteiger partial charge in [0.15, 0.2) is 11.6 Å². The van der Waals surface area contributed by atoms with Gasteiger partial charge in [-0.1, -0.05) is 31.2 Å². The lowest BCUT2D eigenvalue weighted by Crippen LogP contribution is -2.40. The van der Waals surface area contributed by atoms with E-state index in [0.717, 1.165) is 0 Å². The van der Waals surface area contributed by atoms with Crippen molar-refractivity contribution in [3.8, 4) is 0 Å². The molecule has 0 saturated heterocycles. The summed E-state index contributed by atoms with van der Waals surface area (Å²) in [6, 6.07) is 8.34. The van der Waals surface area contributed by atoms with Crippen LogP contribution in [0.5, 0.6) is 0 Å². The van der Waals surface area contributed by atoms with E-state index in [2.05, 4.69) is 25.4 Å².